The van der Waals surface area contributed by atoms with Crippen molar-refractivity contribution in [3.05, 3.63) is 35.9 Å². The lowest BCUT2D eigenvalue weighted by Gasteiger charge is -2.26. The minimum atomic E-state index is -0.622. The number of rotatable bonds is 2. The van der Waals surface area contributed by atoms with E-state index in [0.717, 1.165) is 30.8 Å². The molecule has 0 spiro atoms. The number of hydrogen-bond acceptors (Lipinski definition) is 3. The molecule has 0 N–H and O–H groups in total. The van der Waals surface area contributed by atoms with Gasteiger partial charge < -0.3 is 4.90 Å². The van der Waals surface area contributed by atoms with Gasteiger partial charge in [0.05, 0.1) is 0 Å². The van der Waals surface area contributed by atoms with Crippen molar-refractivity contribution in [1.82, 2.24) is 9.80 Å². The van der Waals surface area contributed by atoms with Crippen LogP contribution in [-0.4, -0.2) is 46.7 Å². The van der Waals surface area contributed by atoms with Crippen LogP contribution in [0.1, 0.15) is 36.0 Å². The molecule has 0 radical (unpaired) electrons. The maximum absolute atomic E-state index is 12.5. The highest BCUT2D eigenvalue weighted by molar-refractivity contribution is 6.09. The van der Waals surface area contributed by atoms with Gasteiger partial charge in [-0.2, -0.15) is 0 Å². The number of likely N-dealkylation sites (tertiary alicyclic amines) is 2. The van der Waals surface area contributed by atoms with E-state index in [4.69, 9.17) is 0 Å². The van der Waals surface area contributed by atoms with Gasteiger partial charge in [0, 0.05) is 25.1 Å². The summed E-state index contributed by atoms with van der Waals surface area (Å²) in [7, 11) is 0. The summed E-state index contributed by atoms with van der Waals surface area (Å²) in [6, 6.07) is 8.05. The van der Waals surface area contributed by atoms with E-state index in [9.17, 15) is 14.4 Å². The normalized spacial score (nSPS) is 21.9. The summed E-state index contributed by atoms with van der Waals surface area (Å²) in [5.41, 5.74) is 0.451. The summed E-state index contributed by atoms with van der Waals surface area (Å²) in [5.74, 6) is -0.695. The number of nitrogens with zero attached hydrogens (tertiary/aromatic N) is 2. The first kappa shape index (κ1) is 13.8. The Morgan fingerprint density at radius 3 is 2.38 bits per heavy atom. The maximum Gasteiger partial charge on any atom is 0.261 e. The second kappa shape index (κ2) is 5.68. The minimum Gasteiger partial charge on any atom is -0.341 e. The van der Waals surface area contributed by atoms with Gasteiger partial charge in [-0.15, -0.1) is 0 Å². The van der Waals surface area contributed by atoms with E-state index >= 15 is 0 Å². The molecule has 2 heterocycles. The molecule has 1 atom stereocenters. The van der Waals surface area contributed by atoms with Gasteiger partial charge in [0.2, 0.25) is 11.8 Å². The SMILES string of the molecule is O=C(C1CCC(=O)N1C(=O)c1ccccc1)N1CCCC1. The summed E-state index contributed by atoms with van der Waals surface area (Å²) in [5, 5.41) is 0. The predicted molar refractivity (Wildman–Crippen MR) is 76.5 cm³/mol. The molecular weight excluding hydrogens is 268 g/mol. The number of hydrogen-bond donors (Lipinski definition) is 0. The first-order valence-electron chi connectivity index (χ1n) is 7.39. The first-order valence-corrected chi connectivity index (χ1v) is 7.39. The Morgan fingerprint density at radius 2 is 1.71 bits per heavy atom. The zero-order chi connectivity index (χ0) is 14.8. The minimum absolute atomic E-state index is 0.0809. The van der Waals surface area contributed by atoms with Crippen LogP contribution < -0.4 is 0 Å². The second-order valence-electron chi connectivity index (χ2n) is 5.52. The lowest BCUT2D eigenvalue weighted by molar-refractivity contribution is -0.138. The summed E-state index contributed by atoms with van der Waals surface area (Å²) < 4.78 is 0. The van der Waals surface area contributed by atoms with Crippen LogP contribution in [0.4, 0.5) is 0 Å². The molecule has 1 aromatic carbocycles. The Bertz CT molecular complexity index is 564. The Hall–Kier alpha value is -2.17. The average molecular weight is 286 g/mol. The molecule has 0 aliphatic carbocycles. The molecule has 5 nitrogen and oxygen atoms in total. The average Bonchev–Trinajstić information content (AvgIpc) is 3.16. The molecule has 2 aliphatic heterocycles. The van der Waals surface area contributed by atoms with Gasteiger partial charge in [0.15, 0.2) is 0 Å². The Labute approximate surface area is 123 Å². The lowest BCUT2D eigenvalue weighted by atomic mass is 10.1. The van der Waals surface area contributed by atoms with Crippen molar-refractivity contribution in [2.45, 2.75) is 31.7 Å². The summed E-state index contributed by atoms with van der Waals surface area (Å²) >= 11 is 0. The number of amides is 3. The van der Waals surface area contributed by atoms with E-state index in [-0.39, 0.29) is 24.1 Å². The quantitative estimate of drug-likeness (QED) is 0.773. The maximum atomic E-state index is 12.5. The number of imide groups is 1. The molecule has 1 unspecified atom stereocenters. The van der Waals surface area contributed by atoms with E-state index in [1.807, 2.05) is 6.07 Å². The molecule has 110 valence electrons. The van der Waals surface area contributed by atoms with Crippen molar-refractivity contribution < 1.29 is 14.4 Å². The van der Waals surface area contributed by atoms with Crippen LogP contribution in [0.2, 0.25) is 0 Å². The van der Waals surface area contributed by atoms with Gasteiger partial charge >= 0.3 is 0 Å². The van der Waals surface area contributed by atoms with Gasteiger partial charge in [0.1, 0.15) is 6.04 Å². The van der Waals surface area contributed by atoms with Gasteiger partial charge in [-0.1, -0.05) is 18.2 Å². The van der Waals surface area contributed by atoms with Gasteiger partial charge in [-0.25, -0.2) is 0 Å². The molecule has 2 saturated heterocycles. The Kier molecular flexibility index (Phi) is 3.73. The summed E-state index contributed by atoms with van der Waals surface area (Å²) in [6.07, 6.45) is 2.70. The van der Waals surface area contributed by atoms with Gasteiger partial charge in [-0.05, 0) is 31.4 Å². The first-order chi connectivity index (χ1) is 10.2. The van der Waals surface area contributed by atoms with Crippen molar-refractivity contribution in [2.75, 3.05) is 13.1 Å². The number of benzene rings is 1. The number of carbonyl (C=O) groups excluding carboxylic acids is 3. The fourth-order valence-electron chi connectivity index (χ4n) is 3.04. The van der Waals surface area contributed by atoms with E-state index < -0.39 is 6.04 Å². The molecule has 5 heteroatoms. The monoisotopic (exact) mass is 286 g/mol. The molecule has 1 aromatic rings. The lowest BCUT2D eigenvalue weighted by Crippen LogP contribution is -2.48. The smallest absolute Gasteiger partial charge is 0.261 e. The topological polar surface area (TPSA) is 57.7 Å². The third kappa shape index (κ3) is 2.55. The van der Waals surface area contributed by atoms with E-state index in [1.165, 1.54) is 0 Å². The highest BCUT2D eigenvalue weighted by Crippen LogP contribution is 2.24. The van der Waals surface area contributed by atoms with Crippen LogP contribution in [0.25, 0.3) is 0 Å². The summed E-state index contributed by atoms with van der Waals surface area (Å²) in [4.78, 5) is 40.0. The van der Waals surface area contributed by atoms with Crippen molar-refractivity contribution >= 4 is 17.7 Å². The van der Waals surface area contributed by atoms with Crippen LogP contribution in [0.5, 0.6) is 0 Å². The highest BCUT2D eigenvalue weighted by Gasteiger charge is 2.42. The van der Waals surface area contributed by atoms with Crippen molar-refractivity contribution in [2.24, 2.45) is 0 Å². The molecule has 0 aromatic heterocycles. The zero-order valence-electron chi connectivity index (χ0n) is 11.8. The molecule has 21 heavy (non-hydrogen) atoms. The van der Waals surface area contributed by atoms with E-state index in [2.05, 4.69) is 0 Å². The Balaban J connectivity index is 1.82. The summed E-state index contributed by atoms with van der Waals surface area (Å²) in [6.45, 7) is 1.47. The number of carbonyl (C=O) groups is 3. The van der Waals surface area contributed by atoms with Crippen molar-refractivity contribution in [3.8, 4) is 0 Å². The van der Waals surface area contributed by atoms with Gasteiger partial charge in [-0.3, -0.25) is 19.3 Å². The molecule has 2 aliphatic rings. The van der Waals surface area contributed by atoms with Crippen LogP contribution in [-0.2, 0) is 9.59 Å². The van der Waals surface area contributed by atoms with E-state index in [0.29, 0.717) is 12.0 Å². The standard InChI is InChI=1S/C16H18N2O3/c19-14-9-8-13(16(21)17-10-4-5-11-17)18(14)15(20)12-6-2-1-3-7-12/h1-3,6-7,13H,4-5,8-11H2. The fraction of sp³-hybridized carbons (Fsp3) is 0.438. The molecule has 3 rings (SSSR count). The molecule has 0 bridgehead atoms. The zero-order valence-corrected chi connectivity index (χ0v) is 11.8. The van der Waals surface area contributed by atoms with Gasteiger partial charge in [0.25, 0.3) is 5.91 Å². The highest BCUT2D eigenvalue weighted by atomic mass is 16.2. The fourth-order valence-corrected chi connectivity index (χ4v) is 3.04. The second-order valence-corrected chi connectivity index (χ2v) is 5.52. The van der Waals surface area contributed by atoms with Crippen LogP contribution in [0.3, 0.4) is 0 Å². The van der Waals surface area contributed by atoms with Crippen LogP contribution >= 0.6 is 0 Å². The largest absolute Gasteiger partial charge is 0.341 e. The van der Waals surface area contributed by atoms with Crippen molar-refractivity contribution in [1.29, 1.82) is 0 Å². The predicted octanol–water partition coefficient (Wildman–Crippen LogP) is 1.44. The molecule has 3 amide bonds. The Morgan fingerprint density at radius 1 is 1.05 bits per heavy atom. The molecule has 0 saturated carbocycles. The molecular formula is C16H18N2O3. The van der Waals surface area contributed by atoms with Crippen molar-refractivity contribution in [3.63, 3.8) is 0 Å². The third-order valence-corrected chi connectivity index (χ3v) is 4.15. The molecule has 2 fully saturated rings. The van der Waals surface area contributed by atoms with Crippen LogP contribution in [0.15, 0.2) is 30.3 Å². The third-order valence-electron chi connectivity index (χ3n) is 4.15. The van der Waals surface area contributed by atoms with E-state index in [1.54, 1.807) is 29.2 Å². The van der Waals surface area contributed by atoms with Crippen LogP contribution in [0, 0.1) is 0 Å².